The number of carbonyl (C=O) groups excluding carboxylic acids is 1. The Labute approximate surface area is 173 Å². The van der Waals surface area contributed by atoms with Gasteiger partial charge in [-0.15, -0.1) is 0 Å². The lowest BCUT2D eigenvalue weighted by atomic mass is 10.1. The maximum absolute atomic E-state index is 12.9. The van der Waals surface area contributed by atoms with Gasteiger partial charge in [0, 0.05) is 24.2 Å². The minimum absolute atomic E-state index is 0.0359. The summed E-state index contributed by atoms with van der Waals surface area (Å²) >= 11 is 0. The number of nitrogens with zero attached hydrogens (tertiary/aromatic N) is 2. The first kappa shape index (κ1) is 20.5. The van der Waals surface area contributed by atoms with Crippen LogP contribution in [0.4, 0.5) is 4.79 Å². The van der Waals surface area contributed by atoms with Crippen molar-refractivity contribution in [3.8, 4) is 5.75 Å². The summed E-state index contributed by atoms with van der Waals surface area (Å²) in [6.07, 6.45) is 7.57. The fraction of sp³-hybridized carbons (Fsp3) is 0.667. The molecule has 0 aromatic heterocycles. The van der Waals surface area contributed by atoms with Crippen molar-refractivity contribution >= 4 is 16.1 Å². The molecule has 0 radical (unpaired) electrons. The second-order valence-electron chi connectivity index (χ2n) is 8.70. The molecule has 4 rings (SSSR count). The zero-order chi connectivity index (χ0) is 20.6. The Balaban J connectivity index is 1.51. The molecule has 0 saturated heterocycles. The summed E-state index contributed by atoms with van der Waals surface area (Å²) < 4.78 is 31.8. The van der Waals surface area contributed by atoms with Crippen LogP contribution in [-0.4, -0.2) is 54.6 Å². The average Bonchev–Trinajstić information content (AvgIpc) is 3.40. The zero-order valence-corrected chi connectivity index (χ0v) is 18.1. The second-order valence-corrected chi connectivity index (χ2v) is 10.6. The number of sulfonamides is 1. The van der Waals surface area contributed by atoms with E-state index in [0.29, 0.717) is 19.7 Å². The Morgan fingerprint density at radius 3 is 2.62 bits per heavy atom. The molecule has 0 bridgehead atoms. The quantitative estimate of drug-likeness (QED) is 0.793. The van der Waals surface area contributed by atoms with Crippen LogP contribution in [0.25, 0.3) is 0 Å². The lowest BCUT2D eigenvalue weighted by molar-refractivity contribution is 0.154. The first-order valence-electron chi connectivity index (χ1n) is 10.6. The molecule has 1 aliphatic heterocycles. The Morgan fingerprint density at radius 1 is 1.24 bits per heavy atom. The first-order chi connectivity index (χ1) is 13.8. The van der Waals surface area contributed by atoms with Gasteiger partial charge >= 0.3 is 6.03 Å². The molecule has 2 saturated carbocycles. The van der Waals surface area contributed by atoms with Crippen LogP contribution in [0, 0.1) is 0 Å². The van der Waals surface area contributed by atoms with Gasteiger partial charge in [0.25, 0.3) is 0 Å². The smallest absolute Gasteiger partial charge is 0.318 e. The molecule has 1 atom stereocenters. The van der Waals surface area contributed by atoms with E-state index in [1.54, 1.807) is 4.31 Å². The summed E-state index contributed by atoms with van der Waals surface area (Å²) in [4.78, 5) is 14.7. The van der Waals surface area contributed by atoms with Crippen LogP contribution in [0.1, 0.15) is 56.6 Å². The number of rotatable bonds is 5. The van der Waals surface area contributed by atoms with Crippen LogP contribution in [0.15, 0.2) is 18.2 Å². The van der Waals surface area contributed by atoms with E-state index in [9.17, 15) is 13.2 Å². The molecule has 1 heterocycles. The first-order valence-corrected chi connectivity index (χ1v) is 12.4. The van der Waals surface area contributed by atoms with Crippen LogP contribution in [0.5, 0.6) is 5.75 Å². The summed E-state index contributed by atoms with van der Waals surface area (Å²) in [5.74, 6) is 0.772. The topological polar surface area (TPSA) is 79.0 Å². The van der Waals surface area contributed by atoms with Crippen LogP contribution >= 0.6 is 0 Å². The molecule has 160 valence electrons. The van der Waals surface area contributed by atoms with Gasteiger partial charge in [0.2, 0.25) is 10.0 Å². The van der Waals surface area contributed by atoms with Crippen LogP contribution in [-0.2, 0) is 23.1 Å². The fourth-order valence-electron chi connectivity index (χ4n) is 4.29. The molecule has 0 spiro atoms. The maximum Gasteiger partial charge on any atom is 0.318 e. The molecule has 1 aromatic carbocycles. The minimum atomic E-state index is -3.25. The van der Waals surface area contributed by atoms with Crippen molar-refractivity contribution in [1.29, 1.82) is 0 Å². The monoisotopic (exact) mass is 421 g/mol. The van der Waals surface area contributed by atoms with E-state index in [2.05, 4.69) is 5.32 Å². The molecule has 2 fully saturated rings. The summed E-state index contributed by atoms with van der Waals surface area (Å²) in [7, 11) is -3.25. The number of amides is 2. The van der Waals surface area contributed by atoms with E-state index >= 15 is 0 Å². The Bertz CT molecular complexity index is 863. The van der Waals surface area contributed by atoms with Crippen molar-refractivity contribution in [2.45, 2.75) is 76.7 Å². The van der Waals surface area contributed by atoms with E-state index in [-0.39, 0.29) is 24.2 Å². The molecular formula is C21H31N3O4S. The van der Waals surface area contributed by atoms with Gasteiger partial charge in [-0.25, -0.2) is 13.2 Å². The predicted octanol–water partition coefficient (Wildman–Crippen LogP) is 2.85. The largest absolute Gasteiger partial charge is 0.491 e. The van der Waals surface area contributed by atoms with Crippen molar-refractivity contribution in [2.24, 2.45) is 0 Å². The van der Waals surface area contributed by atoms with E-state index in [1.807, 2.05) is 30.0 Å². The molecule has 2 aliphatic carbocycles. The number of urea groups is 1. The summed E-state index contributed by atoms with van der Waals surface area (Å²) in [5.41, 5.74) is 1.85. The molecule has 1 aromatic rings. The van der Waals surface area contributed by atoms with Crippen LogP contribution in [0.2, 0.25) is 0 Å². The van der Waals surface area contributed by atoms with Crippen molar-refractivity contribution in [1.82, 2.24) is 14.5 Å². The zero-order valence-electron chi connectivity index (χ0n) is 17.3. The van der Waals surface area contributed by atoms with Crippen LogP contribution < -0.4 is 10.1 Å². The predicted molar refractivity (Wildman–Crippen MR) is 111 cm³/mol. The average molecular weight is 422 g/mol. The van der Waals surface area contributed by atoms with E-state index < -0.39 is 10.0 Å². The maximum atomic E-state index is 12.9. The van der Waals surface area contributed by atoms with Crippen LogP contribution in [0.3, 0.4) is 0 Å². The lowest BCUT2D eigenvalue weighted by Gasteiger charge is -2.28. The summed E-state index contributed by atoms with van der Waals surface area (Å²) in [6.45, 7) is 3.27. The lowest BCUT2D eigenvalue weighted by Crippen LogP contribution is -2.48. The normalized spacial score (nSPS) is 22.9. The van der Waals surface area contributed by atoms with Gasteiger partial charge in [0.15, 0.2) is 0 Å². The number of benzene rings is 1. The van der Waals surface area contributed by atoms with Gasteiger partial charge in [-0.2, -0.15) is 4.31 Å². The van der Waals surface area contributed by atoms with E-state index in [1.165, 1.54) is 19.1 Å². The number of fused-ring (bicyclic) bond motifs is 1. The van der Waals surface area contributed by atoms with Gasteiger partial charge in [-0.3, -0.25) is 0 Å². The number of carbonyl (C=O) groups is 1. The van der Waals surface area contributed by atoms with Crippen molar-refractivity contribution in [3.05, 3.63) is 29.3 Å². The van der Waals surface area contributed by atoms with E-state index in [0.717, 1.165) is 42.6 Å². The highest BCUT2D eigenvalue weighted by molar-refractivity contribution is 7.88. The molecule has 3 aliphatic rings. The van der Waals surface area contributed by atoms with Crippen molar-refractivity contribution in [2.75, 3.05) is 12.9 Å². The van der Waals surface area contributed by atoms with Crippen molar-refractivity contribution < 1.29 is 17.9 Å². The van der Waals surface area contributed by atoms with E-state index in [4.69, 9.17) is 4.74 Å². The Kier molecular flexibility index (Phi) is 5.75. The third-order valence-corrected chi connectivity index (χ3v) is 7.42. The van der Waals surface area contributed by atoms with Gasteiger partial charge in [0.1, 0.15) is 12.4 Å². The highest BCUT2D eigenvalue weighted by atomic mass is 32.2. The molecule has 7 nitrogen and oxygen atoms in total. The molecule has 8 heteroatoms. The summed E-state index contributed by atoms with van der Waals surface area (Å²) in [5, 5.41) is 3.17. The van der Waals surface area contributed by atoms with Gasteiger partial charge < -0.3 is 15.0 Å². The Hall–Kier alpha value is -1.80. The molecular weight excluding hydrogens is 390 g/mol. The fourth-order valence-corrected chi connectivity index (χ4v) is 5.43. The SMILES string of the molecule is CC1COc2ccc(CN(C3CC3)S(C)(=O)=O)cc2CN1C(=O)NC1CCCC1. The molecule has 2 amide bonds. The number of ether oxygens (including phenoxy) is 1. The van der Waals surface area contributed by atoms with Gasteiger partial charge in [-0.1, -0.05) is 18.9 Å². The third kappa shape index (κ3) is 4.86. The van der Waals surface area contributed by atoms with Crippen molar-refractivity contribution in [3.63, 3.8) is 0 Å². The third-order valence-electron chi connectivity index (χ3n) is 6.14. The standard InChI is InChI=1S/C21H31N3O4S/c1-15-14-28-20-10-7-16(12-24(19-8-9-19)29(2,26)27)11-17(20)13-23(15)21(25)22-18-5-3-4-6-18/h7,10-11,15,18-19H,3-6,8-9,12-14H2,1-2H3,(H,22,25). The second kappa shape index (κ2) is 8.14. The molecule has 1 unspecified atom stereocenters. The molecule has 1 N–H and O–H groups in total. The number of hydrogen-bond acceptors (Lipinski definition) is 4. The minimum Gasteiger partial charge on any atom is -0.491 e. The van der Waals surface area contributed by atoms with Gasteiger partial charge in [0.05, 0.1) is 18.8 Å². The number of nitrogens with one attached hydrogen (secondary N) is 1. The Morgan fingerprint density at radius 2 is 1.97 bits per heavy atom. The number of hydrogen-bond donors (Lipinski definition) is 1. The van der Waals surface area contributed by atoms with Gasteiger partial charge in [-0.05, 0) is 50.3 Å². The summed E-state index contributed by atoms with van der Waals surface area (Å²) in [6, 6.07) is 6.14. The molecule has 29 heavy (non-hydrogen) atoms. The highest BCUT2D eigenvalue weighted by Gasteiger charge is 2.35. The highest BCUT2D eigenvalue weighted by Crippen LogP contribution is 2.32.